The number of rotatable bonds is 6. The summed E-state index contributed by atoms with van der Waals surface area (Å²) in [5.41, 5.74) is 2.21. The van der Waals surface area contributed by atoms with Crippen LogP contribution in [0.2, 0.25) is 5.02 Å². The number of nitrogens with one attached hydrogen (secondary N) is 1. The fourth-order valence-corrected chi connectivity index (χ4v) is 3.53. The minimum atomic E-state index is 0.200. The molecule has 1 atom stereocenters. The highest BCUT2D eigenvalue weighted by atomic mass is 79.9. The highest BCUT2D eigenvalue weighted by molar-refractivity contribution is 9.10. The zero-order chi connectivity index (χ0) is 14.5. The largest absolute Gasteiger partial charge is 0.310 e. The lowest BCUT2D eigenvalue weighted by atomic mass is 10.0. The van der Waals surface area contributed by atoms with E-state index in [4.69, 9.17) is 11.6 Å². The maximum atomic E-state index is 6.43. The summed E-state index contributed by atoms with van der Waals surface area (Å²) < 4.78 is 0.940. The van der Waals surface area contributed by atoms with Crippen LogP contribution in [0.1, 0.15) is 35.7 Å². The Hall–Kier alpha value is -0.420. The van der Waals surface area contributed by atoms with Crippen molar-refractivity contribution in [2.45, 2.75) is 32.7 Å². The lowest BCUT2D eigenvalue weighted by Gasteiger charge is -2.19. The van der Waals surface area contributed by atoms with Gasteiger partial charge < -0.3 is 5.32 Å². The first-order valence-electron chi connectivity index (χ1n) is 6.70. The summed E-state index contributed by atoms with van der Waals surface area (Å²) in [7, 11) is 0. The fourth-order valence-electron chi connectivity index (χ4n) is 2.07. The smallest absolute Gasteiger partial charge is 0.0947 e. The van der Waals surface area contributed by atoms with Crippen LogP contribution < -0.4 is 5.32 Å². The Labute approximate surface area is 137 Å². The Kier molecular flexibility index (Phi) is 6.02. The molecule has 0 aliphatic heterocycles. The summed E-state index contributed by atoms with van der Waals surface area (Å²) in [6.07, 6.45) is 1.97. The molecule has 1 aromatic heterocycles. The van der Waals surface area contributed by atoms with Gasteiger partial charge in [0.1, 0.15) is 0 Å². The third-order valence-electron chi connectivity index (χ3n) is 3.04. The van der Waals surface area contributed by atoms with Crippen LogP contribution in [0.5, 0.6) is 0 Å². The molecule has 1 N–H and O–H groups in total. The second-order valence-electron chi connectivity index (χ2n) is 4.74. The van der Waals surface area contributed by atoms with Crippen molar-refractivity contribution in [2.24, 2.45) is 0 Å². The van der Waals surface area contributed by atoms with Crippen LogP contribution in [0.25, 0.3) is 0 Å². The van der Waals surface area contributed by atoms with E-state index < -0.39 is 0 Å². The van der Waals surface area contributed by atoms with Gasteiger partial charge in [0, 0.05) is 28.0 Å². The average Bonchev–Trinajstić information content (AvgIpc) is 2.83. The summed E-state index contributed by atoms with van der Waals surface area (Å²) in [6, 6.07) is 6.28. The van der Waals surface area contributed by atoms with E-state index in [1.807, 2.05) is 19.1 Å². The van der Waals surface area contributed by atoms with Gasteiger partial charge in [-0.15, -0.1) is 11.3 Å². The van der Waals surface area contributed by atoms with Gasteiger partial charge in [-0.25, -0.2) is 4.98 Å². The van der Waals surface area contributed by atoms with Crippen molar-refractivity contribution in [1.29, 1.82) is 0 Å². The van der Waals surface area contributed by atoms with E-state index >= 15 is 0 Å². The number of hydrogen-bond donors (Lipinski definition) is 1. The van der Waals surface area contributed by atoms with E-state index in [9.17, 15) is 0 Å². The van der Waals surface area contributed by atoms with Gasteiger partial charge in [0.25, 0.3) is 0 Å². The molecule has 0 radical (unpaired) electrons. The highest BCUT2D eigenvalue weighted by Gasteiger charge is 2.17. The molecule has 108 valence electrons. The molecule has 2 rings (SSSR count). The zero-order valence-corrected chi connectivity index (χ0v) is 14.8. The molecular formula is C15H18BrClN2S. The standard InChI is InChI=1S/C15H18BrClN2S/c1-3-7-18-13(8-14-19-10(2)9-20-14)11-5-4-6-12(16)15(11)17/h4-6,9,13,18H,3,7-8H2,1-2H3. The molecule has 5 heteroatoms. The molecule has 1 unspecified atom stereocenters. The number of benzene rings is 1. The van der Waals surface area contributed by atoms with E-state index in [0.29, 0.717) is 0 Å². The van der Waals surface area contributed by atoms with Crippen LogP contribution >= 0.6 is 38.9 Å². The van der Waals surface area contributed by atoms with E-state index in [1.165, 1.54) is 0 Å². The van der Waals surface area contributed by atoms with Gasteiger partial charge in [-0.3, -0.25) is 0 Å². The summed E-state index contributed by atoms with van der Waals surface area (Å²) >= 11 is 11.6. The predicted octanol–water partition coefficient (Wildman–Crippen LogP) is 5.15. The monoisotopic (exact) mass is 372 g/mol. The fraction of sp³-hybridized carbons (Fsp3) is 0.400. The molecule has 2 nitrogen and oxygen atoms in total. The molecule has 20 heavy (non-hydrogen) atoms. The van der Waals surface area contributed by atoms with E-state index in [2.05, 4.69) is 44.6 Å². The van der Waals surface area contributed by atoms with Crippen LogP contribution in [0.3, 0.4) is 0 Å². The first kappa shape index (κ1) is 16.0. The van der Waals surface area contributed by atoms with Crippen molar-refractivity contribution in [3.05, 3.63) is 49.3 Å². The lowest BCUT2D eigenvalue weighted by Crippen LogP contribution is -2.24. The molecule has 0 fully saturated rings. The van der Waals surface area contributed by atoms with Crippen LogP contribution in [-0.2, 0) is 6.42 Å². The number of aromatic nitrogens is 1. The maximum Gasteiger partial charge on any atom is 0.0947 e. The lowest BCUT2D eigenvalue weighted by molar-refractivity contribution is 0.528. The number of thiazole rings is 1. The van der Waals surface area contributed by atoms with Crippen molar-refractivity contribution < 1.29 is 0 Å². The summed E-state index contributed by atoms with van der Waals surface area (Å²) in [4.78, 5) is 4.56. The SMILES string of the molecule is CCCNC(Cc1nc(C)cs1)c1cccc(Br)c1Cl. The van der Waals surface area contributed by atoms with Gasteiger partial charge in [-0.2, -0.15) is 0 Å². The maximum absolute atomic E-state index is 6.43. The Balaban J connectivity index is 2.24. The predicted molar refractivity (Wildman–Crippen MR) is 90.7 cm³/mol. The summed E-state index contributed by atoms with van der Waals surface area (Å²) in [6.45, 7) is 5.17. The van der Waals surface area contributed by atoms with Crippen LogP contribution in [0.4, 0.5) is 0 Å². The molecule has 0 aliphatic rings. The second kappa shape index (κ2) is 7.55. The van der Waals surface area contributed by atoms with Gasteiger partial charge in [-0.1, -0.05) is 30.7 Å². The average molecular weight is 374 g/mol. The minimum absolute atomic E-state index is 0.200. The Morgan fingerprint density at radius 2 is 2.25 bits per heavy atom. The molecular weight excluding hydrogens is 356 g/mol. The molecule has 0 spiro atoms. The van der Waals surface area contributed by atoms with Gasteiger partial charge in [0.15, 0.2) is 0 Å². The Morgan fingerprint density at radius 3 is 2.90 bits per heavy atom. The summed E-state index contributed by atoms with van der Waals surface area (Å²) in [5.74, 6) is 0. The van der Waals surface area contributed by atoms with Crippen molar-refractivity contribution in [3.63, 3.8) is 0 Å². The van der Waals surface area contributed by atoms with Gasteiger partial charge in [0.2, 0.25) is 0 Å². The molecule has 1 heterocycles. The quantitative estimate of drug-likeness (QED) is 0.757. The van der Waals surface area contributed by atoms with Crippen LogP contribution in [-0.4, -0.2) is 11.5 Å². The van der Waals surface area contributed by atoms with Crippen LogP contribution in [0, 0.1) is 6.92 Å². The van der Waals surface area contributed by atoms with Crippen LogP contribution in [0.15, 0.2) is 28.1 Å². The Bertz CT molecular complexity index is 571. The number of halogens is 2. The van der Waals surface area contributed by atoms with Crippen molar-refractivity contribution in [3.8, 4) is 0 Å². The molecule has 0 saturated carbocycles. The molecule has 0 aliphatic carbocycles. The third-order valence-corrected chi connectivity index (χ3v) is 5.34. The van der Waals surface area contributed by atoms with E-state index in [-0.39, 0.29) is 6.04 Å². The first-order chi connectivity index (χ1) is 9.61. The first-order valence-corrected chi connectivity index (χ1v) is 8.75. The molecule has 1 aromatic carbocycles. The third kappa shape index (κ3) is 4.04. The molecule has 2 aromatic rings. The summed E-state index contributed by atoms with van der Waals surface area (Å²) in [5, 5.41) is 7.60. The highest BCUT2D eigenvalue weighted by Crippen LogP contribution is 2.32. The number of nitrogens with zero attached hydrogens (tertiary/aromatic N) is 1. The zero-order valence-electron chi connectivity index (χ0n) is 11.6. The van der Waals surface area contributed by atoms with E-state index in [1.54, 1.807) is 11.3 Å². The van der Waals surface area contributed by atoms with Crippen molar-refractivity contribution >= 4 is 38.9 Å². The number of hydrogen-bond acceptors (Lipinski definition) is 3. The minimum Gasteiger partial charge on any atom is -0.310 e. The molecule has 0 amide bonds. The molecule has 0 bridgehead atoms. The number of aryl methyl sites for hydroxylation is 1. The molecule has 0 saturated heterocycles. The van der Waals surface area contributed by atoms with E-state index in [0.717, 1.165) is 45.1 Å². The van der Waals surface area contributed by atoms with Gasteiger partial charge in [-0.05, 0) is 47.4 Å². The topological polar surface area (TPSA) is 24.9 Å². The Morgan fingerprint density at radius 1 is 1.45 bits per heavy atom. The van der Waals surface area contributed by atoms with Crippen molar-refractivity contribution in [2.75, 3.05) is 6.54 Å². The van der Waals surface area contributed by atoms with Crippen molar-refractivity contribution in [1.82, 2.24) is 10.3 Å². The normalized spacial score (nSPS) is 12.6. The second-order valence-corrected chi connectivity index (χ2v) is 6.91. The van der Waals surface area contributed by atoms with Gasteiger partial charge in [0.05, 0.1) is 10.0 Å². The van der Waals surface area contributed by atoms with Gasteiger partial charge >= 0.3 is 0 Å².